The van der Waals surface area contributed by atoms with Crippen LogP contribution in [0.1, 0.15) is 0 Å². The molecule has 13 heavy (non-hydrogen) atoms. The van der Waals surface area contributed by atoms with Crippen LogP contribution in [-0.2, 0) is 0 Å². The Kier molecular flexibility index (Phi) is 2.10. The van der Waals surface area contributed by atoms with E-state index in [1.54, 1.807) is 12.3 Å². The van der Waals surface area contributed by atoms with Crippen molar-refractivity contribution < 1.29 is 9.84 Å². The van der Waals surface area contributed by atoms with Crippen molar-refractivity contribution in [2.24, 2.45) is 0 Å². The first-order valence-corrected chi connectivity index (χ1v) is 3.99. The molecule has 0 saturated carbocycles. The molecular formula is C10H9NO2. The van der Waals surface area contributed by atoms with Crippen molar-refractivity contribution in [3.63, 3.8) is 0 Å². The van der Waals surface area contributed by atoms with E-state index >= 15 is 0 Å². The first-order chi connectivity index (χ1) is 6.42. The lowest BCUT2D eigenvalue weighted by molar-refractivity contribution is 0.0998. The third-order valence-corrected chi connectivity index (χ3v) is 1.82. The van der Waals surface area contributed by atoms with Crippen molar-refractivity contribution in [2.75, 3.05) is 6.79 Å². The zero-order chi connectivity index (χ0) is 9.10. The molecule has 3 nitrogen and oxygen atoms in total. The SMILES string of the molecule is OCOc1cccc2cccnc12. The number of aliphatic hydroxyl groups excluding tert-OH is 1. The van der Waals surface area contributed by atoms with Crippen LogP contribution in [-0.4, -0.2) is 16.9 Å². The van der Waals surface area contributed by atoms with Crippen molar-refractivity contribution >= 4 is 10.9 Å². The van der Waals surface area contributed by atoms with Crippen LogP contribution in [0.3, 0.4) is 0 Å². The molecular weight excluding hydrogens is 166 g/mol. The van der Waals surface area contributed by atoms with Gasteiger partial charge in [0.25, 0.3) is 0 Å². The minimum absolute atomic E-state index is 0.324. The van der Waals surface area contributed by atoms with Gasteiger partial charge < -0.3 is 9.84 Å². The molecule has 0 spiro atoms. The van der Waals surface area contributed by atoms with Crippen LogP contribution in [0.2, 0.25) is 0 Å². The van der Waals surface area contributed by atoms with Gasteiger partial charge in [-0.05, 0) is 12.1 Å². The Morgan fingerprint density at radius 1 is 1.23 bits per heavy atom. The van der Waals surface area contributed by atoms with E-state index in [1.165, 1.54) is 0 Å². The molecule has 0 aliphatic carbocycles. The van der Waals surface area contributed by atoms with Gasteiger partial charge >= 0.3 is 0 Å². The molecule has 0 bridgehead atoms. The summed E-state index contributed by atoms with van der Waals surface area (Å²) in [7, 11) is 0. The normalized spacial score (nSPS) is 10.2. The van der Waals surface area contributed by atoms with Gasteiger partial charge in [-0.2, -0.15) is 0 Å². The highest BCUT2D eigenvalue weighted by Gasteiger charge is 2.00. The molecule has 66 valence electrons. The standard InChI is InChI=1S/C10H9NO2/c12-7-13-9-5-1-3-8-4-2-6-11-10(8)9/h1-6,12H,7H2. The number of nitrogens with zero attached hydrogens (tertiary/aromatic N) is 1. The second kappa shape index (κ2) is 3.41. The molecule has 0 radical (unpaired) electrons. The van der Waals surface area contributed by atoms with Gasteiger partial charge in [0.15, 0.2) is 6.79 Å². The lowest BCUT2D eigenvalue weighted by Gasteiger charge is -2.04. The average Bonchev–Trinajstić information content (AvgIpc) is 2.19. The summed E-state index contributed by atoms with van der Waals surface area (Å²) >= 11 is 0. The molecule has 2 rings (SSSR count). The molecule has 0 fully saturated rings. The molecule has 1 aromatic carbocycles. The number of para-hydroxylation sites is 1. The number of rotatable bonds is 2. The Balaban J connectivity index is 2.61. The van der Waals surface area contributed by atoms with Gasteiger partial charge in [-0.3, -0.25) is 4.98 Å². The molecule has 0 atom stereocenters. The van der Waals surface area contributed by atoms with Crippen molar-refractivity contribution in [2.45, 2.75) is 0 Å². The van der Waals surface area contributed by atoms with Gasteiger partial charge in [-0.15, -0.1) is 0 Å². The summed E-state index contributed by atoms with van der Waals surface area (Å²) in [6, 6.07) is 9.42. The molecule has 0 aliphatic rings. The summed E-state index contributed by atoms with van der Waals surface area (Å²) < 4.78 is 5.01. The van der Waals surface area contributed by atoms with Crippen molar-refractivity contribution in [3.8, 4) is 5.75 Å². The van der Waals surface area contributed by atoms with Crippen LogP contribution in [0, 0.1) is 0 Å². The van der Waals surface area contributed by atoms with E-state index in [9.17, 15) is 0 Å². The summed E-state index contributed by atoms with van der Waals surface area (Å²) in [6.07, 6.45) is 1.70. The molecule has 1 N–H and O–H groups in total. The van der Waals surface area contributed by atoms with Crippen molar-refractivity contribution in [1.82, 2.24) is 4.98 Å². The molecule has 1 heterocycles. The lowest BCUT2D eigenvalue weighted by Crippen LogP contribution is -1.95. The van der Waals surface area contributed by atoms with E-state index < -0.39 is 0 Å². The van der Waals surface area contributed by atoms with Crippen LogP contribution in [0.15, 0.2) is 36.5 Å². The topological polar surface area (TPSA) is 42.4 Å². The fraction of sp³-hybridized carbons (Fsp3) is 0.100. The highest BCUT2D eigenvalue weighted by Crippen LogP contribution is 2.22. The third-order valence-electron chi connectivity index (χ3n) is 1.82. The van der Waals surface area contributed by atoms with Gasteiger partial charge in [-0.25, -0.2) is 0 Å². The first-order valence-electron chi connectivity index (χ1n) is 3.99. The minimum atomic E-state index is -0.324. The Bertz CT molecular complexity index is 409. The predicted molar refractivity (Wildman–Crippen MR) is 49.5 cm³/mol. The Hall–Kier alpha value is -1.61. The van der Waals surface area contributed by atoms with Gasteiger partial charge in [0.2, 0.25) is 0 Å². The molecule has 0 saturated heterocycles. The van der Waals surface area contributed by atoms with Crippen LogP contribution < -0.4 is 4.74 Å². The van der Waals surface area contributed by atoms with Crippen LogP contribution in [0.5, 0.6) is 5.75 Å². The van der Waals surface area contributed by atoms with E-state index in [1.807, 2.05) is 24.3 Å². The molecule has 0 amide bonds. The lowest BCUT2D eigenvalue weighted by atomic mass is 10.2. The van der Waals surface area contributed by atoms with Crippen LogP contribution in [0.25, 0.3) is 10.9 Å². The van der Waals surface area contributed by atoms with E-state index in [-0.39, 0.29) is 6.79 Å². The number of ether oxygens (including phenoxy) is 1. The number of hydrogen-bond acceptors (Lipinski definition) is 3. The summed E-state index contributed by atoms with van der Waals surface area (Å²) in [4.78, 5) is 4.16. The minimum Gasteiger partial charge on any atom is -0.465 e. The first kappa shape index (κ1) is 8.01. The number of fused-ring (bicyclic) bond motifs is 1. The fourth-order valence-corrected chi connectivity index (χ4v) is 1.26. The summed E-state index contributed by atoms with van der Waals surface area (Å²) in [5.74, 6) is 0.612. The molecule has 0 aliphatic heterocycles. The molecule has 2 aromatic rings. The third kappa shape index (κ3) is 1.46. The second-order valence-corrected chi connectivity index (χ2v) is 2.60. The van der Waals surface area contributed by atoms with Gasteiger partial charge in [-0.1, -0.05) is 18.2 Å². The predicted octanol–water partition coefficient (Wildman–Crippen LogP) is 1.56. The summed E-state index contributed by atoms with van der Waals surface area (Å²) in [5, 5.41) is 9.64. The highest BCUT2D eigenvalue weighted by molar-refractivity contribution is 5.84. The number of aromatic nitrogens is 1. The maximum absolute atomic E-state index is 8.63. The van der Waals surface area contributed by atoms with Gasteiger partial charge in [0, 0.05) is 11.6 Å². The quantitative estimate of drug-likeness (QED) is 0.704. The van der Waals surface area contributed by atoms with Crippen molar-refractivity contribution in [3.05, 3.63) is 36.5 Å². The monoisotopic (exact) mass is 175 g/mol. The van der Waals surface area contributed by atoms with Gasteiger partial charge in [0.1, 0.15) is 11.3 Å². The fourth-order valence-electron chi connectivity index (χ4n) is 1.26. The highest BCUT2D eigenvalue weighted by atomic mass is 16.6. The number of hydrogen-bond donors (Lipinski definition) is 1. The van der Waals surface area contributed by atoms with E-state index in [0.717, 1.165) is 10.9 Å². The van der Waals surface area contributed by atoms with E-state index in [4.69, 9.17) is 9.84 Å². The van der Waals surface area contributed by atoms with Crippen molar-refractivity contribution in [1.29, 1.82) is 0 Å². The Morgan fingerprint density at radius 3 is 2.92 bits per heavy atom. The number of aliphatic hydroxyl groups is 1. The maximum atomic E-state index is 8.63. The Labute approximate surface area is 75.6 Å². The zero-order valence-electron chi connectivity index (χ0n) is 6.97. The smallest absolute Gasteiger partial charge is 0.186 e. The molecule has 3 heteroatoms. The zero-order valence-corrected chi connectivity index (χ0v) is 6.97. The number of pyridine rings is 1. The second-order valence-electron chi connectivity index (χ2n) is 2.60. The maximum Gasteiger partial charge on any atom is 0.186 e. The van der Waals surface area contributed by atoms with Crippen LogP contribution >= 0.6 is 0 Å². The van der Waals surface area contributed by atoms with Gasteiger partial charge in [0.05, 0.1) is 0 Å². The Morgan fingerprint density at radius 2 is 2.08 bits per heavy atom. The van der Waals surface area contributed by atoms with Crippen LogP contribution in [0.4, 0.5) is 0 Å². The van der Waals surface area contributed by atoms with E-state index in [2.05, 4.69) is 4.98 Å². The molecule has 1 aromatic heterocycles. The van der Waals surface area contributed by atoms with E-state index in [0.29, 0.717) is 5.75 Å². The largest absolute Gasteiger partial charge is 0.465 e. The number of benzene rings is 1. The summed E-state index contributed by atoms with van der Waals surface area (Å²) in [6.45, 7) is -0.324. The molecule has 0 unspecified atom stereocenters. The summed E-state index contributed by atoms with van der Waals surface area (Å²) in [5.41, 5.74) is 0.777. The average molecular weight is 175 g/mol.